The zero-order valence-corrected chi connectivity index (χ0v) is 10.5. The Bertz CT molecular complexity index is 348. The summed E-state index contributed by atoms with van der Waals surface area (Å²) in [5.41, 5.74) is 6.22. The lowest BCUT2D eigenvalue weighted by molar-refractivity contribution is -0.155. The van der Waals surface area contributed by atoms with Crippen molar-refractivity contribution in [2.75, 3.05) is 13.2 Å². The van der Waals surface area contributed by atoms with E-state index < -0.39 is 5.41 Å². The molecule has 0 amide bonds. The van der Waals surface area contributed by atoms with Gasteiger partial charge in [0.1, 0.15) is 0 Å². The molecule has 4 nitrogen and oxygen atoms in total. The van der Waals surface area contributed by atoms with Gasteiger partial charge in [-0.15, -0.1) is 0 Å². The SMILES string of the molecule is CCOC(=O)C(CC)(CN)Cc1ccncc1. The number of aromatic nitrogens is 1. The quantitative estimate of drug-likeness (QED) is 0.761. The molecule has 1 aromatic heterocycles. The van der Waals surface area contributed by atoms with Crippen LogP contribution < -0.4 is 5.73 Å². The number of nitrogens with two attached hydrogens (primary N) is 1. The largest absolute Gasteiger partial charge is 0.466 e. The maximum atomic E-state index is 12.0. The number of rotatable bonds is 6. The summed E-state index contributed by atoms with van der Waals surface area (Å²) in [4.78, 5) is 16.0. The van der Waals surface area contributed by atoms with E-state index in [9.17, 15) is 4.79 Å². The fourth-order valence-electron chi connectivity index (χ4n) is 1.82. The molecular formula is C13H20N2O2. The summed E-state index contributed by atoms with van der Waals surface area (Å²) in [6, 6.07) is 3.80. The number of carbonyl (C=O) groups excluding carboxylic acids is 1. The fraction of sp³-hybridized carbons (Fsp3) is 0.538. The molecule has 1 heterocycles. The predicted octanol–water partition coefficient (Wildman–Crippen LogP) is 1.54. The number of pyridine rings is 1. The summed E-state index contributed by atoms with van der Waals surface area (Å²) >= 11 is 0. The van der Waals surface area contributed by atoms with Crippen molar-refractivity contribution in [1.29, 1.82) is 0 Å². The Kier molecular flexibility index (Phi) is 5.10. The zero-order chi connectivity index (χ0) is 12.7. The molecule has 0 aromatic carbocycles. The molecule has 0 aliphatic carbocycles. The van der Waals surface area contributed by atoms with Crippen molar-refractivity contribution in [3.05, 3.63) is 30.1 Å². The van der Waals surface area contributed by atoms with Crippen LogP contribution in [-0.4, -0.2) is 24.1 Å². The van der Waals surface area contributed by atoms with Gasteiger partial charge in [0.25, 0.3) is 0 Å². The molecular weight excluding hydrogens is 216 g/mol. The Morgan fingerprint density at radius 1 is 1.41 bits per heavy atom. The lowest BCUT2D eigenvalue weighted by Gasteiger charge is -2.28. The molecule has 1 atom stereocenters. The van der Waals surface area contributed by atoms with Crippen molar-refractivity contribution >= 4 is 5.97 Å². The smallest absolute Gasteiger partial charge is 0.313 e. The Morgan fingerprint density at radius 3 is 2.53 bits per heavy atom. The Hall–Kier alpha value is -1.42. The third kappa shape index (κ3) is 3.27. The second-order valence-corrected chi connectivity index (χ2v) is 4.09. The predicted molar refractivity (Wildman–Crippen MR) is 66.4 cm³/mol. The summed E-state index contributed by atoms with van der Waals surface area (Å²) in [5, 5.41) is 0. The average molecular weight is 236 g/mol. The van der Waals surface area contributed by atoms with Gasteiger partial charge in [0, 0.05) is 18.9 Å². The van der Waals surface area contributed by atoms with Gasteiger partial charge in [0.05, 0.1) is 12.0 Å². The van der Waals surface area contributed by atoms with Gasteiger partial charge in [-0.25, -0.2) is 0 Å². The molecule has 1 aromatic rings. The van der Waals surface area contributed by atoms with Gasteiger partial charge in [-0.3, -0.25) is 9.78 Å². The van der Waals surface area contributed by atoms with Gasteiger partial charge in [-0.2, -0.15) is 0 Å². The summed E-state index contributed by atoms with van der Waals surface area (Å²) in [6.45, 7) is 4.45. The van der Waals surface area contributed by atoms with E-state index in [-0.39, 0.29) is 5.97 Å². The van der Waals surface area contributed by atoms with Crippen molar-refractivity contribution in [3.63, 3.8) is 0 Å². The second kappa shape index (κ2) is 6.35. The van der Waals surface area contributed by atoms with Crippen LogP contribution in [0.25, 0.3) is 0 Å². The van der Waals surface area contributed by atoms with Crippen LogP contribution in [0.3, 0.4) is 0 Å². The highest BCUT2D eigenvalue weighted by Gasteiger charge is 2.36. The zero-order valence-electron chi connectivity index (χ0n) is 10.5. The highest BCUT2D eigenvalue weighted by molar-refractivity contribution is 5.77. The number of ether oxygens (including phenoxy) is 1. The Morgan fingerprint density at radius 2 is 2.06 bits per heavy atom. The molecule has 0 bridgehead atoms. The van der Waals surface area contributed by atoms with Crippen LogP contribution in [0.15, 0.2) is 24.5 Å². The van der Waals surface area contributed by atoms with Crippen LogP contribution in [0, 0.1) is 5.41 Å². The van der Waals surface area contributed by atoms with Gasteiger partial charge in [0.15, 0.2) is 0 Å². The third-order valence-corrected chi connectivity index (χ3v) is 3.07. The van der Waals surface area contributed by atoms with Crippen LogP contribution in [-0.2, 0) is 16.0 Å². The topological polar surface area (TPSA) is 65.2 Å². The van der Waals surface area contributed by atoms with Gasteiger partial charge in [-0.05, 0) is 37.5 Å². The molecule has 2 N–H and O–H groups in total. The first-order valence-corrected chi connectivity index (χ1v) is 5.94. The van der Waals surface area contributed by atoms with E-state index in [2.05, 4.69) is 4.98 Å². The normalized spacial score (nSPS) is 14.1. The molecule has 0 radical (unpaired) electrons. The fourth-order valence-corrected chi connectivity index (χ4v) is 1.82. The highest BCUT2D eigenvalue weighted by Crippen LogP contribution is 2.27. The number of esters is 1. The summed E-state index contributed by atoms with van der Waals surface area (Å²) in [5.74, 6) is -0.207. The summed E-state index contributed by atoms with van der Waals surface area (Å²) in [7, 11) is 0. The summed E-state index contributed by atoms with van der Waals surface area (Å²) in [6.07, 6.45) is 4.71. The number of hydrogen-bond donors (Lipinski definition) is 1. The molecule has 0 fully saturated rings. The van der Waals surface area contributed by atoms with Crippen LogP contribution >= 0.6 is 0 Å². The lowest BCUT2D eigenvalue weighted by atomic mass is 9.79. The standard InChI is InChI=1S/C13H20N2O2/c1-3-13(10-14,12(16)17-4-2)9-11-5-7-15-8-6-11/h5-8H,3-4,9-10,14H2,1-2H3. The number of hydrogen-bond acceptors (Lipinski definition) is 4. The van der Waals surface area contributed by atoms with E-state index in [1.165, 1.54) is 0 Å². The molecule has 1 unspecified atom stereocenters. The van der Waals surface area contributed by atoms with Gasteiger partial charge < -0.3 is 10.5 Å². The minimum absolute atomic E-state index is 0.207. The first-order chi connectivity index (χ1) is 8.18. The first-order valence-electron chi connectivity index (χ1n) is 5.94. The minimum Gasteiger partial charge on any atom is -0.466 e. The minimum atomic E-state index is -0.614. The molecule has 0 saturated carbocycles. The van der Waals surface area contributed by atoms with E-state index in [4.69, 9.17) is 10.5 Å². The van der Waals surface area contributed by atoms with Crippen molar-refractivity contribution in [2.24, 2.45) is 11.1 Å². The Labute approximate surface area is 102 Å². The monoisotopic (exact) mass is 236 g/mol. The van der Waals surface area contributed by atoms with Crippen LogP contribution in [0.5, 0.6) is 0 Å². The second-order valence-electron chi connectivity index (χ2n) is 4.09. The molecule has 0 aliphatic heterocycles. The first kappa shape index (κ1) is 13.6. The van der Waals surface area contributed by atoms with E-state index in [0.29, 0.717) is 26.0 Å². The number of nitrogens with zero attached hydrogens (tertiary/aromatic N) is 1. The van der Waals surface area contributed by atoms with E-state index in [1.807, 2.05) is 19.1 Å². The van der Waals surface area contributed by atoms with Crippen molar-refractivity contribution in [2.45, 2.75) is 26.7 Å². The maximum Gasteiger partial charge on any atom is 0.313 e. The van der Waals surface area contributed by atoms with Crippen molar-refractivity contribution in [3.8, 4) is 0 Å². The van der Waals surface area contributed by atoms with E-state index in [1.54, 1.807) is 19.3 Å². The molecule has 0 spiro atoms. The number of carbonyl (C=O) groups is 1. The molecule has 0 saturated heterocycles. The van der Waals surface area contributed by atoms with Crippen LogP contribution in [0.1, 0.15) is 25.8 Å². The summed E-state index contributed by atoms with van der Waals surface area (Å²) < 4.78 is 5.13. The highest BCUT2D eigenvalue weighted by atomic mass is 16.5. The van der Waals surface area contributed by atoms with Crippen LogP contribution in [0.4, 0.5) is 0 Å². The van der Waals surface area contributed by atoms with E-state index >= 15 is 0 Å². The average Bonchev–Trinajstić information content (AvgIpc) is 2.37. The molecule has 0 aliphatic rings. The van der Waals surface area contributed by atoms with Gasteiger partial charge >= 0.3 is 5.97 Å². The molecule has 94 valence electrons. The van der Waals surface area contributed by atoms with Gasteiger partial charge in [0.2, 0.25) is 0 Å². The van der Waals surface area contributed by atoms with Crippen molar-refractivity contribution in [1.82, 2.24) is 4.98 Å². The van der Waals surface area contributed by atoms with Crippen LogP contribution in [0.2, 0.25) is 0 Å². The Balaban J connectivity index is 2.88. The van der Waals surface area contributed by atoms with E-state index in [0.717, 1.165) is 5.56 Å². The molecule has 1 rings (SSSR count). The third-order valence-electron chi connectivity index (χ3n) is 3.07. The molecule has 4 heteroatoms. The molecule has 17 heavy (non-hydrogen) atoms. The lowest BCUT2D eigenvalue weighted by Crippen LogP contribution is -2.41. The maximum absolute atomic E-state index is 12.0. The van der Waals surface area contributed by atoms with Gasteiger partial charge in [-0.1, -0.05) is 6.92 Å². The van der Waals surface area contributed by atoms with Crippen molar-refractivity contribution < 1.29 is 9.53 Å².